The molecule has 2 aliphatic rings. The molecule has 2 heterocycles. The molecule has 2 rings (SSSR count). The average molecular weight is 353 g/mol. The van der Waals surface area contributed by atoms with E-state index in [1.54, 1.807) is 6.08 Å². The molecule has 0 radical (unpaired) electrons. The zero-order valence-corrected chi connectivity index (χ0v) is 16.2. The van der Waals surface area contributed by atoms with Crippen LogP contribution in [0.5, 0.6) is 0 Å². The number of ether oxygens (including phenoxy) is 1. The van der Waals surface area contributed by atoms with E-state index in [1.165, 1.54) is 7.11 Å². The van der Waals surface area contributed by atoms with Crippen LogP contribution in [0.4, 0.5) is 4.79 Å². The van der Waals surface area contributed by atoms with Crippen molar-refractivity contribution in [3.63, 3.8) is 0 Å². The first-order valence-corrected chi connectivity index (χ1v) is 8.39. The van der Waals surface area contributed by atoms with E-state index in [-0.39, 0.29) is 0 Å². The second-order valence-electron chi connectivity index (χ2n) is 8.68. The maximum atomic E-state index is 12.2. The van der Waals surface area contributed by atoms with E-state index in [9.17, 15) is 14.7 Å². The number of carbonyl (C=O) groups excluding carboxylic acids is 1. The number of nitrogens with zero attached hydrogens (tertiary/aromatic N) is 1. The van der Waals surface area contributed by atoms with E-state index >= 15 is 0 Å². The molecular formula is C17H28BNO6. The summed E-state index contributed by atoms with van der Waals surface area (Å²) in [6.45, 7) is 13.5. The third-order valence-electron chi connectivity index (χ3n) is 5.25. The molecule has 0 bridgehead atoms. The van der Waals surface area contributed by atoms with E-state index in [2.05, 4.69) is 0 Å². The van der Waals surface area contributed by atoms with Crippen LogP contribution in [0.1, 0.15) is 48.5 Å². The van der Waals surface area contributed by atoms with Gasteiger partial charge in [0.15, 0.2) is 6.04 Å². The summed E-state index contributed by atoms with van der Waals surface area (Å²) in [4.78, 5) is 25.2. The monoisotopic (exact) mass is 353 g/mol. The van der Waals surface area contributed by atoms with E-state index in [4.69, 9.17) is 14.0 Å². The van der Waals surface area contributed by atoms with Gasteiger partial charge in [0.1, 0.15) is 0 Å². The van der Waals surface area contributed by atoms with Crippen LogP contribution in [0.3, 0.4) is 0 Å². The number of carbonyl (C=O) groups is 2. The molecule has 1 saturated heterocycles. The molecule has 0 aromatic carbocycles. The van der Waals surface area contributed by atoms with E-state index < -0.39 is 47.9 Å². The van der Waals surface area contributed by atoms with Crippen molar-refractivity contribution < 1.29 is 28.7 Å². The third kappa shape index (κ3) is 3.29. The third-order valence-corrected chi connectivity index (χ3v) is 5.25. The molecule has 2 unspecified atom stereocenters. The first-order valence-electron chi connectivity index (χ1n) is 8.39. The maximum absolute atomic E-state index is 12.2. The predicted octanol–water partition coefficient (Wildman–Crippen LogP) is 2.49. The Morgan fingerprint density at radius 1 is 1.20 bits per heavy atom. The normalized spacial score (nSPS) is 28.1. The second kappa shape index (κ2) is 6.02. The molecule has 25 heavy (non-hydrogen) atoms. The summed E-state index contributed by atoms with van der Waals surface area (Å²) < 4.78 is 17.0. The maximum Gasteiger partial charge on any atom is 0.492 e. The number of amides is 1. The molecule has 7 nitrogen and oxygen atoms in total. The first kappa shape index (κ1) is 19.8. The van der Waals surface area contributed by atoms with Gasteiger partial charge in [-0.1, -0.05) is 26.8 Å². The molecule has 0 spiro atoms. The lowest BCUT2D eigenvalue weighted by atomic mass is 9.67. The van der Waals surface area contributed by atoms with Crippen molar-refractivity contribution in [3.8, 4) is 0 Å². The summed E-state index contributed by atoms with van der Waals surface area (Å²) >= 11 is 0. The fourth-order valence-electron chi connectivity index (χ4n) is 3.31. The highest BCUT2D eigenvalue weighted by Crippen LogP contribution is 2.44. The summed E-state index contributed by atoms with van der Waals surface area (Å²) in [6.07, 6.45) is 0.427. The Labute approximate surface area is 149 Å². The number of hydrogen-bond acceptors (Lipinski definition) is 5. The highest BCUT2D eigenvalue weighted by atomic mass is 16.7. The Balaban J connectivity index is 2.50. The van der Waals surface area contributed by atoms with Crippen LogP contribution < -0.4 is 0 Å². The van der Waals surface area contributed by atoms with Crippen molar-refractivity contribution in [1.29, 1.82) is 0 Å². The molecule has 8 heteroatoms. The molecule has 0 aliphatic carbocycles. The van der Waals surface area contributed by atoms with Crippen molar-refractivity contribution in [1.82, 2.24) is 4.90 Å². The number of rotatable bonds is 2. The number of carboxylic acid groups (broad SMARTS) is 1. The lowest BCUT2D eigenvalue weighted by Crippen LogP contribution is -2.52. The SMILES string of the molecule is COC(=O)C1C=C(B2OC(C)(C)C(C)(C)O2)C(C(C)(C)C)N1C(=O)O. The quantitative estimate of drug-likeness (QED) is 0.606. The van der Waals surface area contributed by atoms with Crippen LogP contribution in [-0.4, -0.2) is 59.6 Å². The van der Waals surface area contributed by atoms with Gasteiger partial charge >= 0.3 is 19.2 Å². The zero-order valence-electron chi connectivity index (χ0n) is 16.2. The molecule has 1 fully saturated rings. The van der Waals surface area contributed by atoms with Crippen LogP contribution in [0.15, 0.2) is 11.5 Å². The first-order chi connectivity index (χ1) is 11.2. The van der Waals surface area contributed by atoms with Gasteiger partial charge in [0.2, 0.25) is 0 Å². The van der Waals surface area contributed by atoms with Crippen molar-refractivity contribution in [2.24, 2.45) is 5.41 Å². The molecule has 1 amide bonds. The van der Waals surface area contributed by atoms with Gasteiger partial charge in [-0.3, -0.25) is 4.90 Å². The van der Waals surface area contributed by atoms with Gasteiger partial charge in [0.25, 0.3) is 0 Å². The van der Waals surface area contributed by atoms with Crippen molar-refractivity contribution in [2.45, 2.75) is 71.8 Å². The highest BCUT2D eigenvalue weighted by molar-refractivity contribution is 6.55. The largest absolute Gasteiger partial charge is 0.492 e. The van der Waals surface area contributed by atoms with Crippen LogP contribution in [-0.2, 0) is 18.8 Å². The minimum absolute atomic E-state index is 0.462. The van der Waals surface area contributed by atoms with Gasteiger partial charge in [-0.2, -0.15) is 0 Å². The summed E-state index contributed by atoms with van der Waals surface area (Å²) in [6, 6.07) is -1.58. The Morgan fingerprint density at radius 3 is 2.04 bits per heavy atom. The standard InChI is InChI=1S/C17H28BNO6/c1-15(2,3)12-10(18-24-16(4,5)17(6,7)25-18)9-11(13(20)23-8)19(12)14(21)22/h9,11-12H,1-8H3,(H,21,22). The Bertz CT molecular complexity index is 591. The fourth-order valence-corrected chi connectivity index (χ4v) is 3.31. The minimum Gasteiger partial charge on any atom is -0.467 e. The van der Waals surface area contributed by atoms with Gasteiger partial charge in [0.05, 0.1) is 24.4 Å². The Kier molecular flexibility index (Phi) is 4.76. The molecule has 0 aromatic rings. The predicted molar refractivity (Wildman–Crippen MR) is 93.1 cm³/mol. The smallest absolute Gasteiger partial charge is 0.467 e. The lowest BCUT2D eigenvalue weighted by molar-refractivity contribution is -0.144. The summed E-state index contributed by atoms with van der Waals surface area (Å²) in [5.41, 5.74) is -0.934. The lowest BCUT2D eigenvalue weighted by Gasteiger charge is -2.37. The average Bonchev–Trinajstić information content (AvgIpc) is 2.93. The zero-order chi connectivity index (χ0) is 19.4. The molecule has 2 atom stereocenters. The summed E-state index contributed by atoms with van der Waals surface area (Å²) in [5.74, 6) is -0.622. The fraction of sp³-hybridized carbons (Fsp3) is 0.765. The van der Waals surface area contributed by atoms with Gasteiger partial charge in [0, 0.05) is 0 Å². The highest BCUT2D eigenvalue weighted by Gasteiger charge is 2.58. The van der Waals surface area contributed by atoms with Crippen molar-refractivity contribution in [3.05, 3.63) is 11.5 Å². The van der Waals surface area contributed by atoms with E-state index in [0.717, 1.165) is 4.90 Å². The van der Waals surface area contributed by atoms with Crippen LogP contribution in [0.2, 0.25) is 0 Å². The molecule has 140 valence electrons. The second-order valence-corrected chi connectivity index (χ2v) is 8.68. The van der Waals surface area contributed by atoms with Gasteiger partial charge < -0.3 is 19.2 Å². The van der Waals surface area contributed by atoms with Crippen LogP contribution >= 0.6 is 0 Å². The minimum atomic E-state index is -1.18. The number of esters is 1. The van der Waals surface area contributed by atoms with E-state index in [1.807, 2.05) is 48.5 Å². The Morgan fingerprint density at radius 2 is 1.68 bits per heavy atom. The number of methoxy groups -OCH3 is 1. The van der Waals surface area contributed by atoms with Crippen molar-refractivity contribution in [2.75, 3.05) is 7.11 Å². The molecular weight excluding hydrogens is 325 g/mol. The van der Waals surface area contributed by atoms with Crippen molar-refractivity contribution >= 4 is 19.2 Å². The summed E-state index contributed by atoms with van der Waals surface area (Å²) in [5, 5.41) is 9.73. The Hall–Kier alpha value is -1.54. The molecule has 0 aromatic heterocycles. The number of hydrogen-bond donors (Lipinski definition) is 1. The topological polar surface area (TPSA) is 85.3 Å². The van der Waals surface area contributed by atoms with Gasteiger partial charge in [-0.05, 0) is 38.6 Å². The van der Waals surface area contributed by atoms with Gasteiger partial charge in [-0.25, -0.2) is 9.59 Å². The van der Waals surface area contributed by atoms with Crippen LogP contribution in [0, 0.1) is 5.41 Å². The van der Waals surface area contributed by atoms with Crippen LogP contribution in [0.25, 0.3) is 0 Å². The van der Waals surface area contributed by atoms with E-state index in [0.29, 0.717) is 5.47 Å². The van der Waals surface area contributed by atoms with Gasteiger partial charge in [-0.15, -0.1) is 0 Å². The molecule has 1 N–H and O–H groups in total. The molecule has 2 aliphatic heterocycles. The molecule has 0 saturated carbocycles. The summed E-state index contributed by atoms with van der Waals surface area (Å²) in [7, 11) is 0.528.